The second-order valence-corrected chi connectivity index (χ2v) is 5.67. The standard InChI is InChI=1S/C15H25N3O3/c1-4-18-12-8-6-5-7-9-13(15(12)16-17-18)20-10-14(19)21-11(2)3/h11,13H,4-10H2,1-3H3. The summed E-state index contributed by atoms with van der Waals surface area (Å²) >= 11 is 0. The molecule has 1 aromatic heterocycles. The molecular weight excluding hydrogens is 270 g/mol. The Morgan fingerprint density at radius 3 is 2.90 bits per heavy atom. The minimum absolute atomic E-state index is 0.0265. The van der Waals surface area contributed by atoms with Crippen molar-refractivity contribution >= 4 is 5.97 Å². The molecule has 6 heteroatoms. The van der Waals surface area contributed by atoms with E-state index in [2.05, 4.69) is 17.2 Å². The van der Waals surface area contributed by atoms with E-state index < -0.39 is 0 Å². The van der Waals surface area contributed by atoms with Crippen molar-refractivity contribution in [1.29, 1.82) is 0 Å². The summed E-state index contributed by atoms with van der Waals surface area (Å²) < 4.78 is 12.8. The molecule has 118 valence electrons. The quantitative estimate of drug-likeness (QED) is 0.780. The third-order valence-corrected chi connectivity index (χ3v) is 3.62. The molecule has 0 bridgehead atoms. The first-order valence-electron chi connectivity index (χ1n) is 7.85. The second kappa shape index (κ2) is 7.54. The number of hydrogen-bond acceptors (Lipinski definition) is 5. The van der Waals surface area contributed by atoms with Gasteiger partial charge in [0.1, 0.15) is 18.4 Å². The van der Waals surface area contributed by atoms with Crippen LogP contribution in [0.3, 0.4) is 0 Å². The number of fused-ring (bicyclic) bond motifs is 1. The van der Waals surface area contributed by atoms with E-state index in [1.807, 2.05) is 18.5 Å². The van der Waals surface area contributed by atoms with E-state index in [0.29, 0.717) is 0 Å². The molecule has 1 heterocycles. The molecule has 2 rings (SSSR count). The largest absolute Gasteiger partial charge is 0.461 e. The normalized spacial score (nSPS) is 19.0. The summed E-state index contributed by atoms with van der Waals surface area (Å²) in [5.74, 6) is -0.323. The number of rotatable bonds is 5. The Morgan fingerprint density at radius 2 is 2.19 bits per heavy atom. The molecule has 1 unspecified atom stereocenters. The predicted octanol–water partition coefficient (Wildman–Crippen LogP) is 2.42. The molecule has 1 aromatic rings. The molecular formula is C15H25N3O3. The Morgan fingerprint density at radius 1 is 1.38 bits per heavy atom. The molecule has 1 aliphatic rings. The van der Waals surface area contributed by atoms with Crippen LogP contribution in [0.1, 0.15) is 63.9 Å². The highest BCUT2D eigenvalue weighted by Gasteiger charge is 2.24. The molecule has 0 spiro atoms. The first-order valence-corrected chi connectivity index (χ1v) is 7.85. The zero-order chi connectivity index (χ0) is 15.2. The van der Waals surface area contributed by atoms with Gasteiger partial charge in [0.25, 0.3) is 0 Å². The fourth-order valence-corrected chi connectivity index (χ4v) is 2.67. The topological polar surface area (TPSA) is 66.2 Å². The van der Waals surface area contributed by atoms with Crippen molar-refractivity contribution in [2.45, 2.75) is 71.6 Å². The van der Waals surface area contributed by atoms with Gasteiger partial charge in [0.2, 0.25) is 0 Å². The highest BCUT2D eigenvalue weighted by Crippen LogP contribution is 2.29. The lowest BCUT2D eigenvalue weighted by molar-refractivity contribution is -0.155. The summed E-state index contributed by atoms with van der Waals surface area (Å²) in [5, 5.41) is 8.48. The van der Waals surface area contributed by atoms with Crippen molar-refractivity contribution in [2.24, 2.45) is 0 Å². The van der Waals surface area contributed by atoms with Crippen LogP contribution in [-0.2, 0) is 27.2 Å². The van der Waals surface area contributed by atoms with Crippen LogP contribution in [0.25, 0.3) is 0 Å². The van der Waals surface area contributed by atoms with E-state index in [4.69, 9.17) is 9.47 Å². The summed E-state index contributed by atoms with van der Waals surface area (Å²) in [6.07, 6.45) is 5.00. The number of hydrogen-bond donors (Lipinski definition) is 0. The van der Waals surface area contributed by atoms with Crippen molar-refractivity contribution in [1.82, 2.24) is 15.0 Å². The minimum Gasteiger partial charge on any atom is -0.461 e. The van der Waals surface area contributed by atoms with E-state index in [1.165, 1.54) is 6.42 Å². The van der Waals surface area contributed by atoms with Gasteiger partial charge in [-0.15, -0.1) is 5.10 Å². The molecule has 0 aliphatic heterocycles. The van der Waals surface area contributed by atoms with Gasteiger partial charge < -0.3 is 9.47 Å². The Hall–Kier alpha value is -1.43. The molecule has 0 aromatic carbocycles. The Kier molecular flexibility index (Phi) is 5.73. The maximum atomic E-state index is 11.6. The van der Waals surface area contributed by atoms with Crippen LogP contribution in [0.5, 0.6) is 0 Å². The van der Waals surface area contributed by atoms with Gasteiger partial charge >= 0.3 is 5.97 Å². The highest BCUT2D eigenvalue weighted by atomic mass is 16.6. The van der Waals surface area contributed by atoms with E-state index >= 15 is 0 Å². The number of aromatic nitrogens is 3. The van der Waals surface area contributed by atoms with Gasteiger partial charge in [0, 0.05) is 6.54 Å². The zero-order valence-corrected chi connectivity index (χ0v) is 13.2. The Labute approximate surface area is 125 Å². The lowest BCUT2D eigenvalue weighted by atomic mass is 9.99. The molecule has 0 amide bonds. The van der Waals surface area contributed by atoms with Crippen molar-refractivity contribution in [3.63, 3.8) is 0 Å². The average molecular weight is 295 g/mol. The number of esters is 1. The fourth-order valence-electron chi connectivity index (χ4n) is 2.67. The number of carbonyl (C=O) groups is 1. The summed E-state index contributed by atoms with van der Waals surface area (Å²) in [7, 11) is 0. The SMILES string of the molecule is CCn1nnc2c1CCCCCC2OCC(=O)OC(C)C. The van der Waals surface area contributed by atoms with E-state index in [9.17, 15) is 4.79 Å². The maximum absolute atomic E-state index is 11.6. The van der Waals surface area contributed by atoms with Crippen LogP contribution in [-0.4, -0.2) is 33.7 Å². The van der Waals surface area contributed by atoms with Crippen molar-refractivity contribution < 1.29 is 14.3 Å². The molecule has 0 fully saturated rings. The van der Waals surface area contributed by atoms with Gasteiger partial charge in [0.15, 0.2) is 0 Å². The van der Waals surface area contributed by atoms with E-state index in [-0.39, 0.29) is 24.8 Å². The third-order valence-electron chi connectivity index (χ3n) is 3.62. The lowest BCUT2D eigenvalue weighted by Gasteiger charge is -2.20. The van der Waals surface area contributed by atoms with Crippen LogP contribution in [0.15, 0.2) is 0 Å². The second-order valence-electron chi connectivity index (χ2n) is 5.67. The van der Waals surface area contributed by atoms with Crippen LogP contribution in [0.4, 0.5) is 0 Å². The molecule has 0 radical (unpaired) electrons. The Bertz CT molecular complexity index is 471. The van der Waals surface area contributed by atoms with E-state index in [1.54, 1.807) is 0 Å². The van der Waals surface area contributed by atoms with E-state index in [0.717, 1.165) is 43.6 Å². The van der Waals surface area contributed by atoms with Gasteiger partial charge in [-0.2, -0.15) is 0 Å². The maximum Gasteiger partial charge on any atom is 0.332 e. The van der Waals surface area contributed by atoms with Gasteiger partial charge in [0.05, 0.1) is 11.8 Å². The number of nitrogens with zero attached hydrogens (tertiary/aromatic N) is 3. The van der Waals surface area contributed by atoms with Crippen LogP contribution >= 0.6 is 0 Å². The van der Waals surface area contributed by atoms with Crippen molar-refractivity contribution in [2.75, 3.05) is 6.61 Å². The lowest BCUT2D eigenvalue weighted by Crippen LogP contribution is -2.20. The number of aryl methyl sites for hydroxylation is 1. The van der Waals surface area contributed by atoms with Gasteiger partial charge in [-0.05, 0) is 40.0 Å². The van der Waals surface area contributed by atoms with Crippen molar-refractivity contribution in [3.8, 4) is 0 Å². The number of ether oxygens (including phenoxy) is 2. The van der Waals surface area contributed by atoms with Gasteiger partial charge in [-0.3, -0.25) is 0 Å². The fraction of sp³-hybridized carbons (Fsp3) is 0.800. The van der Waals surface area contributed by atoms with Gasteiger partial charge in [-0.1, -0.05) is 18.1 Å². The third kappa shape index (κ3) is 4.27. The summed E-state index contributed by atoms with van der Waals surface area (Å²) in [6.45, 7) is 6.51. The molecule has 0 saturated heterocycles. The smallest absolute Gasteiger partial charge is 0.332 e. The summed E-state index contributed by atoms with van der Waals surface area (Å²) in [5.41, 5.74) is 2.05. The summed E-state index contributed by atoms with van der Waals surface area (Å²) in [6, 6.07) is 0. The first-order chi connectivity index (χ1) is 10.1. The van der Waals surface area contributed by atoms with Crippen LogP contribution in [0, 0.1) is 0 Å². The molecule has 6 nitrogen and oxygen atoms in total. The highest BCUT2D eigenvalue weighted by molar-refractivity contribution is 5.70. The minimum atomic E-state index is -0.323. The van der Waals surface area contributed by atoms with Crippen LogP contribution < -0.4 is 0 Å². The molecule has 0 saturated carbocycles. The molecule has 0 N–H and O–H groups in total. The average Bonchev–Trinajstić information content (AvgIpc) is 2.80. The monoisotopic (exact) mass is 295 g/mol. The van der Waals surface area contributed by atoms with Crippen molar-refractivity contribution in [3.05, 3.63) is 11.4 Å². The molecule has 21 heavy (non-hydrogen) atoms. The molecule has 1 aliphatic carbocycles. The first kappa shape index (κ1) is 15.9. The summed E-state index contributed by atoms with van der Waals surface area (Å²) in [4.78, 5) is 11.6. The van der Waals surface area contributed by atoms with Crippen LogP contribution in [0.2, 0.25) is 0 Å². The van der Waals surface area contributed by atoms with Gasteiger partial charge in [-0.25, -0.2) is 9.48 Å². The zero-order valence-electron chi connectivity index (χ0n) is 13.2. The Balaban J connectivity index is 2.05. The number of carbonyl (C=O) groups excluding carboxylic acids is 1. The molecule has 1 atom stereocenters. The predicted molar refractivity (Wildman–Crippen MR) is 77.8 cm³/mol.